The number of nitrogens with one attached hydrogen (secondary N) is 1. The number of para-hydroxylation sites is 1. The molecule has 0 bridgehead atoms. The van der Waals surface area contributed by atoms with Crippen molar-refractivity contribution in [3.05, 3.63) is 70.6 Å². The van der Waals surface area contributed by atoms with E-state index in [0.29, 0.717) is 12.8 Å². The van der Waals surface area contributed by atoms with Crippen LogP contribution in [0.1, 0.15) is 18.4 Å². The van der Waals surface area contributed by atoms with Crippen LogP contribution in [0.5, 0.6) is 0 Å². The number of amides is 3. The molecule has 3 aliphatic heterocycles. The molecule has 29 heavy (non-hydrogen) atoms. The lowest BCUT2D eigenvalue weighted by Gasteiger charge is -2.38. The number of hydrogen-bond donors (Lipinski definition) is 1. The lowest BCUT2D eigenvalue weighted by molar-refractivity contribution is -0.118. The summed E-state index contributed by atoms with van der Waals surface area (Å²) >= 11 is 0. The summed E-state index contributed by atoms with van der Waals surface area (Å²) in [5, 5.41) is 2.93. The fraction of sp³-hybridized carbons (Fsp3) is 0.304. The highest BCUT2D eigenvalue weighted by molar-refractivity contribution is 6.00. The molecule has 2 saturated heterocycles. The van der Waals surface area contributed by atoms with Crippen molar-refractivity contribution in [2.24, 2.45) is 0 Å². The number of carbonyl (C=O) groups is 2. The Morgan fingerprint density at radius 3 is 2.69 bits per heavy atom. The van der Waals surface area contributed by atoms with Gasteiger partial charge in [0.05, 0.1) is 17.8 Å². The highest BCUT2D eigenvalue weighted by Gasteiger charge is 2.32. The molecular weight excluding hydrogens is 364 g/mol. The van der Waals surface area contributed by atoms with Crippen molar-refractivity contribution in [1.29, 1.82) is 0 Å². The van der Waals surface area contributed by atoms with Crippen LogP contribution in [0.3, 0.4) is 0 Å². The molecule has 0 aromatic heterocycles. The molecule has 1 aromatic carbocycles. The van der Waals surface area contributed by atoms with Crippen LogP contribution < -0.4 is 10.2 Å². The van der Waals surface area contributed by atoms with E-state index in [2.05, 4.69) is 29.4 Å². The van der Waals surface area contributed by atoms with Crippen molar-refractivity contribution in [3.63, 3.8) is 0 Å². The van der Waals surface area contributed by atoms with Gasteiger partial charge in [-0.3, -0.25) is 9.69 Å². The maximum absolute atomic E-state index is 13.6. The number of rotatable bonds is 0. The Hall–Kier alpha value is -3.12. The molecule has 148 valence electrons. The van der Waals surface area contributed by atoms with Crippen molar-refractivity contribution in [1.82, 2.24) is 15.1 Å². The lowest BCUT2D eigenvalue weighted by Crippen LogP contribution is -2.52. The largest absolute Gasteiger partial charge is 0.329 e. The number of hydrogen-bond acceptors (Lipinski definition) is 3. The van der Waals surface area contributed by atoms with Gasteiger partial charge in [-0.05, 0) is 48.4 Å². The van der Waals surface area contributed by atoms with E-state index in [4.69, 9.17) is 0 Å². The van der Waals surface area contributed by atoms with E-state index in [-0.39, 0.29) is 11.9 Å². The number of carbonyl (C=O) groups excluding carboxylic acids is 2. The van der Waals surface area contributed by atoms with Gasteiger partial charge in [-0.2, -0.15) is 0 Å². The predicted molar refractivity (Wildman–Crippen MR) is 113 cm³/mol. The number of likely N-dealkylation sites (N-methyl/N-ethyl adjacent to an activating group) is 1. The quantitative estimate of drug-likeness (QED) is 0.744. The average Bonchev–Trinajstić information content (AvgIpc) is 3.12. The summed E-state index contributed by atoms with van der Waals surface area (Å²) in [6.45, 7) is 3.21. The fourth-order valence-corrected chi connectivity index (χ4v) is 4.30. The fourth-order valence-electron chi connectivity index (χ4n) is 4.30. The van der Waals surface area contributed by atoms with Gasteiger partial charge in [0.1, 0.15) is 0 Å². The van der Waals surface area contributed by atoms with Gasteiger partial charge in [0.25, 0.3) is 0 Å². The number of piperazine rings is 1. The van der Waals surface area contributed by atoms with E-state index < -0.39 is 0 Å². The first-order valence-electron chi connectivity index (χ1n) is 10.1. The van der Waals surface area contributed by atoms with Crippen molar-refractivity contribution in [2.45, 2.75) is 12.8 Å². The maximum Gasteiger partial charge on any atom is 0.329 e. The first-order chi connectivity index (χ1) is 14.1. The maximum atomic E-state index is 13.6. The van der Waals surface area contributed by atoms with Gasteiger partial charge in [0.15, 0.2) is 0 Å². The number of anilines is 1. The third kappa shape index (κ3) is 3.19. The van der Waals surface area contributed by atoms with Gasteiger partial charge in [0, 0.05) is 31.9 Å². The summed E-state index contributed by atoms with van der Waals surface area (Å²) in [7, 11) is 2.09. The molecule has 1 N–H and O–H groups in total. The minimum Gasteiger partial charge on any atom is -0.326 e. The van der Waals surface area contributed by atoms with Gasteiger partial charge >= 0.3 is 6.03 Å². The second kappa shape index (κ2) is 7.04. The van der Waals surface area contributed by atoms with E-state index in [9.17, 15) is 9.59 Å². The van der Waals surface area contributed by atoms with Crippen LogP contribution in [0.4, 0.5) is 10.5 Å². The Labute approximate surface area is 170 Å². The van der Waals surface area contributed by atoms with Crippen LogP contribution in [0.15, 0.2) is 65.0 Å². The molecule has 6 heteroatoms. The first-order valence-corrected chi connectivity index (χ1v) is 10.1. The molecule has 0 saturated carbocycles. The summed E-state index contributed by atoms with van der Waals surface area (Å²) in [6, 6.07) is 8.01. The Balaban J connectivity index is 1.56. The molecule has 3 heterocycles. The van der Waals surface area contributed by atoms with Crippen LogP contribution in [-0.2, 0) is 4.79 Å². The minimum atomic E-state index is 0.0148. The first kappa shape index (κ1) is 17.9. The molecule has 0 spiro atoms. The smallest absolute Gasteiger partial charge is 0.326 e. The Bertz CT molecular complexity index is 1010. The second-order valence-corrected chi connectivity index (χ2v) is 7.93. The summed E-state index contributed by atoms with van der Waals surface area (Å²) in [5.41, 5.74) is 5.79. The van der Waals surface area contributed by atoms with Crippen molar-refractivity contribution in [3.8, 4) is 0 Å². The molecule has 3 amide bonds. The summed E-state index contributed by atoms with van der Waals surface area (Å²) in [6.07, 6.45) is 9.37. The number of nitrogens with zero attached hydrogens (tertiary/aromatic N) is 3. The summed E-state index contributed by atoms with van der Waals surface area (Å²) in [4.78, 5) is 31.4. The van der Waals surface area contributed by atoms with Crippen LogP contribution in [0, 0.1) is 0 Å². The molecule has 0 radical (unpaired) electrons. The van der Waals surface area contributed by atoms with Gasteiger partial charge in [0.2, 0.25) is 5.91 Å². The number of benzene rings is 1. The predicted octanol–water partition coefficient (Wildman–Crippen LogP) is 2.88. The van der Waals surface area contributed by atoms with E-state index >= 15 is 0 Å². The molecule has 1 aliphatic carbocycles. The number of urea groups is 1. The number of fused-ring (bicyclic) bond motifs is 2. The molecule has 0 atom stereocenters. The van der Waals surface area contributed by atoms with E-state index in [0.717, 1.165) is 60.0 Å². The molecule has 0 unspecified atom stereocenters. The highest BCUT2D eigenvalue weighted by Crippen LogP contribution is 2.37. The van der Waals surface area contributed by atoms with Crippen molar-refractivity contribution < 1.29 is 9.59 Å². The molecule has 6 nitrogen and oxygen atoms in total. The standard InChI is InChI=1S/C23H24N4O2/c1-25-10-12-26(13-11-25)23(29)27-20-5-3-2-4-16(20)8-9-21(27)18-7-6-17-15-22(28)24-19(17)14-18/h2-6,8-9,14H,7,10-13,15H2,1H3,(H,24,28). The second-order valence-electron chi connectivity index (χ2n) is 7.93. The van der Waals surface area contributed by atoms with Crippen molar-refractivity contribution in [2.75, 3.05) is 38.1 Å². The lowest BCUT2D eigenvalue weighted by atomic mass is 9.95. The highest BCUT2D eigenvalue weighted by atomic mass is 16.2. The normalized spacial score (nSPS) is 24.0. The zero-order valence-electron chi connectivity index (χ0n) is 16.5. The summed E-state index contributed by atoms with van der Waals surface area (Å²) in [5.74, 6) is 0.0312. The van der Waals surface area contributed by atoms with Crippen LogP contribution in [-0.4, -0.2) is 55.0 Å². The zero-order valence-corrected chi connectivity index (χ0v) is 16.5. The minimum absolute atomic E-state index is 0.0148. The molecule has 1 aromatic rings. The Kier molecular flexibility index (Phi) is 4.36. The van der Waals surface area contributed by atoms with Gasteiger partial charge in [-0.15, -0.1) is 0 Å². The SMILES string of the molecule is CN1CCN(C(=O)N2C(=C3C=C4NC(=O)CC4=CC3)C=Cc3ccccc32)CC1. The summed E-state index contributed by atoms with van der Waals surface area (Å²) < 4.78 is 0. The van der Waals surface area contributed by atoms with Crippen molar-refractivity contribution >= 4 is 23.7 Å². The van der Waals surface area contributed by atoms with Crippen LogP contribution >= 0.6 is 0 Å². The van der Waals surface area contributed by atoms with Gasteiger partial charge < -0.3 is 15.1 Å². The number of allylic oxidation sites excluding steroid dienone is 5. The topological polar surface area (TPSA) is 55.9 Å². The van der Waals surface area contributed by atoms with E-state index in [1.165, 1.54) is 0 Å². The third-order valence-corrected chi connectivity index (χ3v) is 5.99. The van der Waals surface area contributed by atoms with E-state index in [1.54, 1.807) is 0 Å². The molecule has 2 fully saturated rings. The zero-order chi connectivity index (χ0) is 20.0. The molecule has 4 aliphatic rings. The van der Waals surface area contributed by atoms with Gasteiger partial charge in [-0.1, -0.05) is 30.4 Å². The third-order valence-electron chi connectivity index (χ3n) is 5.99. The monoisotopic (exact) mass is 388 g/mol. The Morgan fingerprint density at radius 1 is 1.07 bits per heavy atom. The molecule has 5 rings (SSSR count). The van der Waals surface area contributed by atoms with Gasteiger partial charge in [-0.25, -0.2) is 4.79 Å². The molecular formula is C23H24N4O2. The van der Waals surface area contributed by atoms with Crippen LogP contribution in [0.25, 0.3) is 6.08 Å². The van der Waals surface area contributed by atoms with Crippen LogP contribution in [0.2, 0.25) is 0 Å². The van der Waals surface area contributed by atoms with E-state index in [1.807, 2.05) is 46.2 Å². The Morgan fingerprint density at radius 2 is 1.86 bits per heavy atom. The average molecular weight is 388 g/mol.